The van der Waals surface area contributed by atoms with E-state index in [1.165, 1.54) is 0 Å². The predicted octanol–water partition coefficient (Wildman–Crippen LogP) is 2.58. The standard InChI is InChI=1S/C24H34N6O3/c1-16(2)22(23-26-27-28-30(23)15-20-6-4-11-33-20)29(9-5-10-31)14-19-13-18-12-17(3)7-8-21(18)25-24(19)32/h7-8,12-13,16,20,22,31H,4-6,9-11,14-15H2,1-3H3,(H,25,32)/t20-,22-/m1/s1. The number of hydrogen-bond donors (Lipinski definition) is 2. The maximum absolute atomic E-state index is 12.9. The van der Waals surface area contributed by atoms with Gasteiger partial charge in [0.25, 0.3) is 5.56 Å². The minimum Gasteiger partial charge on any atom is -0.396 e. The third-order valence-corrected chi connectivity index (χ3v) is 6.30. The number of pyridine rings is 1. The summed E-state index contributed by atoms with van der Waals surface area (Å²) in [5, 5.41) is 23.2. The van der Waals surface area contributed by atoms with Gasteiger partial charge in [-0.05, 0) is 66.1 Å². The number of aryl methyl sites for hydroxylation is 1. The van der Waals surface area contributed by atoms with Crippen LogP contribution in [0.15, 0.2) is 29.1 Å². The molecular weight excluding hydrogens is 420 g/mol. The second-order valence-electron chi connectivity index (χ2n) is 9.31. The summed E-state index contributed by atoms with van der Waals surface area (Å²) in [6.45, 7) is 8.85. The topological polar surface area (TPSA) is 109 Å². The van der Waals surface area contributed by atoms with Crippen molar-refractivity contribution in [3.05, 3.63) is 51.6 Å². The molecule has 178 valence electrons. The number of aromatic nitrogens is 5. The van der Waals surface area contributed by atoms with Gasteiger partial charge in [0.15, 0.2) is 5.82 Å². The summed E-state index contributed by atoms with van der Waals surface area (Å²) >= 11 is 0. The Labute approximate surface area is 193 Å². The van der Waals surface area contributed by atoms with Crippen molar-refractivity contribution in [2.75, 3.05) is 19.8 Å². The lowest BCUT2D eigenvalue weighted by Crippen LogP contribution is -2.37. The van der Waals surface area contributed by atoms with Crippen LogP contribution in [0.5, 0.6) is 0 Å². The van der Waals surface area contributed by atoms with Gasteiger partial charge in [-0.1, -0.05) is 25.5 Å². The highest BCUT2D eigenvalue weighted by Crippen LogP contribution is 2.29. The molecule has 1 aromatic carbocycles. The van der Waals surface area contributed by atoms with E-state index in [2.05, 4.69) is 45.3 Å². The molecule has 0 amide bonds. The summed E-state index contributed by atoms with van der Waals surface area (Å²) in [6.07, 6.45) is 2.78. The molecule has 0 bridgehead atoms. The van der Waals surface area contributed by atoms with Gasteiger partial charge in [0.1, 0.15) is 0 Å². The lowest BCUT2D eigenvalue weighted by molar-refractivity contribution is 0.0851. The predicted molar refractivity (Wildman–Crippen MR) is 126 cm³/mol. The molecule has 33 heavy (non-hydrogen) atoms. The maximum Gasteiger partial charge on any atom is 0.252 e. The third-order valence-electron chi connectivity index (χ3n) is 6.30. The average Bonchev–Trinajstić information content (AvgIpc) is 3.45. The summed E-state index contributed by atoms with van der Waals surface area (Å²) in [4.78, 5) is 18.1. The Morgan fingerprint density at radius 1 is 1.33 bits per heavy atom. The molecule has 0 unspecified atom stereocenters. The molecule has 2 atom stereocenters. The number of tetrazole rings is 1. The van der Waals surface area contributed by atoms with Gasteiger partial charge in [0.2, 0.25) is 0 Å². The van der Waals surface area contributed by atoms with Crippen LogP contribution in [0.25, 0.3) is 10.9 Å². The highest BCUT2D eigenvalue weighted by atomic mass is 16.5. The molecule has 0 spiro atoms. The molecule has 2 N–H and O–H groups in total. The highest BCUT2D eigenvalue weighted by molar-refractivity contribution is 5.79. The van der Waals surface area contributed by atoms with E-state index in [1.807, 2.05) is 29.8 Å². The molecule has 0 saturated carbocycles. The van der Waals surface area contributed by atoms with Crippen LogP contribution in [0, 0.1) is 12.8 Å². The van der Waals surface area contributed by atoms with Crippen molar-refractivity contribution in [2.24, 2.45) is 5.92 Å². The SMILES string of the molecule is Cc1ccc2[nH]c(=O)c(CN(CCCO)[C@@H](c3nnnn3C[C@H]3CCCO3)C(C)C)cc2c1. The second-order valence-corrected chi connectivity index (χ2v) is 9.31. The number of fused-ring (bicyclic) bond motifs is 1. The quantitative estimate of drug-likeness (QED) is 0.485. The van der Waals surface area contributed by atoms with Gasteiger partial charge in [-0.15, -0.1) is 5.10 Å². The number of ether oxygens (including phenoxy) is 1. The van der Waals surface area contributed by atoms with Crippen molar-refractivity contribution < 1.29 is 9.84 Å². The van der Waals surface area contributed by atoms with Gasteiger partial charge >= 0.3 is 0 Å². The number of rotatable bonds is 10. The van der Waals surface area contributed by atoms with Crippen LogP contribution >= 0.6 is 0 Å². The molecule has 1 aliphatic heterocycles. The van der Waals surface area contributed by atoms with Gasteiger partial charge in [-0.3, -0.25) is 9.69 Å². The summed E-state index contributed by atoms with van der Waals surface area (Å²) < 4.78 is 7.65. The van der Waals surface area contributed by atoms with Crippen LogP contribution in [-0.2, 0) is 17.8 Å². The molecule has 1 aliphatic rings. The largest absolute Gasteiger partial charge is 0.396 e. The van der Waals surface area contributed by atoms with Crippen LogP contribution in [-0.4, -0.2) is 61.1 Å². The monoisotopic (exact) mass is 454 g/mol. The number of nitrogens with zero attached hydrogens (tertiary/aromatic N) is 5. The van der Waals surface area contributed by atoms with Crippen molar-refractivity contribution in [1.82, 2.24) is 30.1 Å². The zero-order valence-corrected chi connectivity index (χ0v) is 19.7. The van der Waals surface area contributed by atoms with Crippen molar-refractivity contribution in [2.45, 2.75) is 65.3 Å². The van der Waals surface area contributed by atoms with Gasteiger partial charge < -0.3 is 14.8 Å². The Morgan fingerprint density at radius 2 is 2.18 bits per heavy atom. The molecule has 1 fully saturated rings. The lowest BCUT2D eigenvalue weighted by atomic mass is 10.00. The Balaban J connectivity index is 1.66. The van der Waals surface area contributed by atoms with E-state index < -0.39 is 0 Å². The first-order chi connectivity index (χ1) is 16.0. The third kappa shape index (κ3) is 5.48. The molecule has 9 nitrogen and oxygen atoms in total. The number of nitrogens with one attached hydrogen (secondary N) is 1. The van der Waals surface area contributed by atoms with Gasteiger partial charge in [-0.2, -0.15) is 0 Å². The normalized spacial score (nSPS) is 17.5. The lowest BCUT2D eigenvalue weighted by Gasteiger charge is -2.33. The summed E-state index contributed by atoms with van der Waals surface area (Å²) in [5.74, 6) is 0.964. The number of benzene rings is 1. The fraction of sp³-hybridized carbons (Fsp3) is 0.583. The van der Waals surface area contributed by atoms with Crippen LogP contribution in [0.4, 0.5) is 0 Å². The molecule has 3 aromatic rings. The minimum atomic E-state index is -0.111. The Morgan fingerprint density at radius 3 is 2.91 bits per heavy atom. The number of H-pyrrole nitrogens is 1. The maximum atomic E-state index is 12.9. The summed E-state index contributed by atoms with van der Waals surface area (Å²) in [6, 6.07) is 7.87. The van der Waals surface area contributed by atoms with E-state index in [4.69, 9.17) is 4.74 Å². The van der Waals surface area contributed by atoms with Crippen LogP contribution < -0.4 is 5.56 Å². The number of aliphatic hydroxyl groups is 1. The van der Waals surface area contributed by atoms with E-state index >= 15 is 0 Å². The van der Waals surface area contributed by atoms with Gasteiger partial charge in [-0.25, -0.2) is 4.68 Å². The summed E-state index contributed by atoms with van der Waals surface area (Å²) in [5.41, 5.74) is 2.57. The molecule has 0 radical (unpaired) electrons. The van der Waals surface area contributed by atoms with E-state index in [9.17, 15) is 9.90 Å². The average molecular weight is 455 g/mol. The molecular formula is C24H34N6O3. The first kappa shape index (κ1) is 23.5. The molecule has 9 heteroatoms. The van der Waals surface area contributed by atoms with E-state index in [0.717, 1.165) is 41.7 Å². The second kappa shape index (κ2) is 10.5. The Hall–Kier alpha value is -2.62. The van der Waals surface area contributed by atoms with Crippen molar-refractivity contribution in [3.63, 3.8) is 0 Å². The fourth-order valence-corrected chi connectivity index (χ4v) is 4.72. The molecule has 1 saturated heterocycles. The zero-order valence-electron chi connectivity index (χ0n) is 19.7. The van der Waals surface area contributed by atoms with Gasteiger partial charge in [0.05, 0.1) is 18.7 Å². The first-order valence-electron chi connectivity index (χ1n) is 11.8. The number of aliphatic hydroxyl groups excluding tert-OH is 1. The van der Waals surface area contributed by atoms with E-state index in [-0.39, 0.29) is 30.2 Å². The zero-order chi connectivity index (χ0) is 23.4. The highest BCUT2D eigenvalue weighted by Gasteiger charge is 2.30. The number of aromatic amines is 1. The summed E-state index contributed by atoms with van der Waals surface area (Å²) in [7, 11) is 0. The van der Waals surface area contributed by atoms with Crippen LogP contribution in [0.3, 0.4) is 0 Å². The first-order valence-corrected chi connectivity index (χ1v) is 11.8. The van der Waals surface area contributed by atoms with Crippen LogP contribution in [0.1, 0.15) is 56.1 Å². The van der Waals surface area contributed by atoms with Crippen molar-refractivity contribution >= 4 is 10.9 Å². The van der Waals surface area contributed by atoms with Crippen molar-refractivity contribution in [3.8, 4) is 0 Å². The molecule has 3 heterocycles. The van der Waals surface area contributed by atoms with Gasteiger partial charge in [0, 0.05) is 37.4 Å². The number of hydrogen-bond acceptors (Lipinski definition) is 7. The minimum absolute atomic E-state index is 0.0788. The van der Waals surface area contributed by atoms with E-state index in [1.54, 1.807) is 0 Å². The smallest absolute Gasteiger partial charge is 0.252 e. The Bertz CT molecular complexity index is 1120. The fourth-order valence-electron chi connectivity index (χ4n) is 4.72. The molecule has 2 aromatic heterocycles. The van der Waals surface area contributed by atoms with E-state index in [0.29, 0.717) is 31.6 Å². The van der Waals surface area contributed by atoms with Crippen molar-refractivity contribution in [1.29, 1.82) is 0 Å². The molecule has 0 aliphatic carbocycles. The Kier molecular flexibility index (Phi) is 7.52. The van der Waals surface area contributed by atoms with Crippen LogP contribution in [0.2, 0.25) is 0 Å². The molecule has 4 rings (SSSR count).